The minimum Gasteiger partial charge on any atom is -0.475 e. The van der Waals surface area contributed by atoms with E-state index in [0.717, 1.165) is 17.6 Å². The van der Waals surface area contributed by atoms with E-state index < -0.39 is 17.6 Å². The number of nitrogens with zero attached hydrogens (tertiary/aromatic N) is 4. The molecule has 0 bridgehead atoms. The Morgan fingerprint density at radius 3 is 2.88 bits per heavy atom. The first-order chi connectivity index (χ1) is 7.66. The molecule has 2 N–H and O–H groups in total. The zero-order valence-electron chi connectivity index (χ0n) is 7.45. The van der Waals surface area contributed by atoms with Crippen molar-refractivity contribution in [1.82, 2.24) is 20.0 Å². The van der Waals surface area contributed by atoms with Gasteiger partial charge in [-0.15, -0.1) is 0 Å². The predicted octanol–water partition coefficient (Wildman–Crippen LogP) is -0.128. The molecular formula is C6H3N5O4S. The quantitative estimate of drug-likeness (QED) is 0.759. The van der Waals surface area contributed by atoms with E-state index in [0.29, 0.717) is 0 Å². The van der Waals surface area contributed by atoms with E-state index in [4.69, 9.17) is 5.11 Å². The van der Waals surface area contributed by atoms with Crippen molar-refractivity contribution in [3.63, 3.8) is 0 Å². The van der Waals surface area contributed by atoms with Crippen molar-refractivity contribution >= 4 is 28.5 Å². The second-order valence-electron chi connectivity index (χ2n) is 2.50. The number of amides is 1. The largest absolute Gasteiger partial charge is 0.475 e. The second kappa shape index (κ2) is 4.02. The Labute approximate surface area is 91.2 Å². The van der Waals surface area contributed by atoms with Crippen molar-refractivity contribution in [2.75, 3.05) is 5.32 Å². The lowest BCUT2D eigenvalue weighted by Gasteiger charge is -1.93. The molecule has 0 unspecified atom stereocenters. The van der Waals surface area contributed by atoms with E-state index in [9.17, 15) is 9.59 Å². The molecule has 0 spiro atoms. The first kappa shape index (κ1) is 10.2. The molecule has 0 radical (unpaired) electrons. The highest BCUT2D eigenvalue weighted by Gasteiger charge is 2.17. The van der Waals surface area contributed by atoms with Gasteiger partial charge in [0.1, 0.15) is 0 Å². The summed E-state index contributed by atoms with van der Waals surface area (Å²) in [5.41, 5.74) is -0.160. The maximum absolute atomic E-state index is 11.4. The number of carboxylic acid groups (broad SMARTS) is 1. The highest BCUT2D eigenvalue weighted by atomic mass is 32.1. The van der Waals surface area contributed by atoms with Gasteiger partial charge in [0.05, 0.1) is 0 Å². The molecule has 0 saturated heterocycles. The van der Waals surface area contributed by atoms with Crippen molar-refractivity contribution in [1.29, 1.82) is 0 Å². The molecule has 0 saturated carbocycles. The van der Waals surface area contributed by atoms with Crippen LogP contribution in [0, 0.1) is 0 Å². The fourth-order valence-corrected chi connectivity index (χ4v) is 1.19. The molecule has 10 heteroatoms. The van der Waals surface area contributed by atoms with Crippen LogP contribution < -0.4 is 5.32 Å². The maximum atomic E-state index is 11.4. The van der Waals surface area contributed by atoms with E-state index in [1.807, 2.05) is 0 Å². The number of hydrogen-bond acceptors (Lipinski definition) is 8. The number of hydrogen-bond donors (Lipinski definition) is 2. The Balaban J connectivity index is 2.12. The van der Waals surface area contributed by atoms with E-state index in [1.54, 1.807) is 0 Å². The molecule has 0 atom stereocenters. The van der Waals surface area contributed by atoms with Crippen LogP contribution in [0.3, 0.4) is 0 Å². The van der Waals surface area contributed by atoms with E-state index in [1.165, 1.54) is 0 Å². The summed E-state index contributed by atoms with van der Waals surface area (Å²) >= 11 is 0.880. The van der Waals surface area contributed by atoms with Gasteiger partial charge in [-0.1, -0.05) is 14.7 Å². The molecule has 16 heavy (non-hydrogen) atoms. The standard InChI is InChI=1S/C6H3N5O4S/c12-4(7-6-8-10-11-16-6)2-1-3(5(13)14)15-9-2/h1H,(H,13,14)(H,7,8,11,12). The highest BCUT2D eigenvalue weighted by Crippen LogP contribution is 2.09. The summed E-state index contributed by atoms with van der Waals surface area (Å²) in [4.78, 5) is 21.9. The molecule has 0 aliphatic heterocycles. The number of nitrogens with one attached hydrogen (secondary N) is 1. The third-order valence-corrected chi connectivity index (χ3v) is 1.98. The number of rotatable bonds is 3. The third-order valence-electron chi connectivity index (χ3n) is 1.47. The van der Waals surface area contributed by atoms with Crippen LogP contribution in [0.1, 0.15) is 21.0 Å². The van der Waals surface area contributed by atoms with Crippen molar-refractivity contribution in [3.05, 3.63) is 17.5 Å². The normalized spacial score (nSPS) is 10.0. The van der Waals surface area contributed by atoms with Crippen LogP contribution in [0.5, 0.6) is 0 Å². The SMILES string of the molecule is O=C(Nc1nnns1)c1cc(C(=O)O)on1. The molecule has 1 amide bonds. The summed E-state index contributed by atoms with van der Waals surface area (Å²) in [5.74, 6) is -2.36. The highest BCUT2D eigenvalue weighted by molar-refractivity contribution is 7.09. The van der Waals surface area contributed by atoms with Gasteiger partial charge in [0.15, 0.2) is 5.69 Å². The monoisotopic (exact) mass is 241 g/mol. The zero-order chi connectivity index (χ0) is 11.5. The lowest BCUT2D eigenvalue weighted by molar-refractivity contribution is 0.0651. The van der Waals surface area contributed by atoms with Gasteiger partial charge in [-0.2, -0.15) is 0 Å². The van der Waals surface area contributed by atoms with Crippen LogP contribution in [0.15, 0.2) is 10.6 Å². The Hall–Kier alpha value is -2.36. The molecule has 2 heterocycles. The number of carbonyl (C=O) groups excluding carboxylic acids is 1. The Morgan fingerprint density at radius 1 is 1.50 bits per heavy atom. The summed E-state index contributed by atoms with van der Waals surface area (Å²) in [5, 5.41) is 21.1. The first-order valence-electron chi connectivity index (χ1n) is 3.83. The number of aromatic nitrogens is 4. The minimum atomic E-state index is -1.30. The molecule has 0 aromatic carbocycles. The van der Waals surface area contributed by atoms with Crippen molar-refractivity contribution in [2.24, 2.45) is 0 Å². The summed E-state index contributed by atoms with van der Waals surface area (Å²) in [7, 11) is 0. The molecular weight excluding hydrogens is 238 g/mol. The zero-order valence-corrected chi connectivity index (χ0v) is 8.26. The molecule has 0 aliphatic rings. The van der Waals surface area contributed by atoms with Crippen LogP contribution in [0.25, 0.3) is 0 Å². The smallest absolute Gasteiger partial charge is 0.374 e. The summed E-state index contributed by atoms with van der Waals surface area (Å²) in [6, 6.07) is 1.01. The van der Waals surface area contributed by atoms with E-state index in [2.05, 4.69) is 29.8 Å². The number of anilines is 1. The number of carboxylic acids is 1. The maximum Gasteiger partial charge on any atom is 0.374 e. The van der Waals surface area contributed by atoms with Crippen LogP contribution in [0.2, 0.25) is 0 Å². The lowest BCUT2D eigenvalue weighted by atomic mass is 10.3. The summed E-state index contributed by atoms with van der Waals surface area (Å²) in [6.45, 7) is 0. The first-order valence-corrected chi connectivity index (χ1v) is 4.60. The Kier molecular flexibility index (Phi) is 2.55. The fraction of sp³-hybridized carbons (Fsp3) is 0. The number of aromatic carboxylic acids is 1. The van der Waals surface area contributed by atoms with Crippen LogP contribution in [-0.4, -0.2) is 36.9 Å². The van der Waals surface area contributed by atoms with Gasteiger partial charge in [0.2, 0.25) is 10.9 Å². The number of carbonyl (C=O) groups is 2. The van der Waals surface area contributed by atoms with Gasteiger partial charge in [0, 0.05) is 17.6 Å². The van der Waals surface area contributed by atoms with Gasteiger partial charge in [-0.3, -0.25) is 10.1 Å². The predicted molar refractivity (Wildman–Crippen MR) is 49.1 cm³/mol. The van der Waals surface area contributed by atoms with Crippen molar-refractivity contribution in [3.8, 4) is 0 Å². The van der Waals surface area contributed by atoms with Gasteiger partial charge >= 0.3 is 5.97 Å². The molecule has 0 aliphatic carbocycles. The molecule has 2 rings (SSSR count). The van der Waals surface area contributed by atoms with Crippen LogP contribution >= 0.6 is 11.5 Å². The van der Waals surface area contributed by atoms with Crippen LogP contribution in [-0.2, 0) is 0 Å². The third kappa shape index (κ3) is 2.00. The Bertz CT molecular complexity index is 521. The molecule has 2 aromatic heterocycles. The molecule has 9 nitrogen and oxygen atoms in total. The lowest BCUT2D eigenvalue weighted by Crippen LogP contribution is -2.12. The summed E-state index contributed by atoms with van der Waals surface area (Å²) in [6.07, 6.45) is 0. The van der Waals surface area contributed by atoms with Gasteiger partial charge in [-0.05, 0) is 5.21 Å². The average molecular weight is 241 g/mol. The minimum absolute atomic E-state index is 0.160. The fourth-order valence-electron chi connectivity index (χ4n) is 0.826. The van der Waals surface area contributed by atoms with E-state index >= 15 is 0 Å². The van der Waals surface area contributed by atoms with Crippen molar-refractivity contribution < 1.29 is 19.2 Å². The van der Waals surface area contributed by atoms with Crippen LogP contribution in [0.4, 0.5) is 5.13 Å². The van der Waals surface area contributed by atoms with E-state index in [-0.39, 0.29) is 10.8 Å². The Morgan fingerprint density at radius 2 is 2.31 bits per heavy atom. The van der Waals surface area contributed by atoms with Gasteiger partial charge < -0.3 is 9.63 Å². The average Bonchev–Trinajstić information content (AvgIpc) is 2.86. The molecule has 82 valence electrons. The van der Waals surface area contributed by atoms with Gasteiger partial charge in [0.25, 0.3) is 5.91 Å². The molecule has 2 aromatic rings. The second-order valence-corrected chi connectivity index (χ2v) is 3.24. The van der Waals surface area contributed by atoms with Gasteiger partial charge in [-0.25, -0.2) is 4.79 Å². The van der Waals surface area contributed by atoms with Crippen molar-refractivity contribution in [2.45, 2.75) is 0 Å². The topological polar surface area (TPSA) is 131 Å². The molecule has 0 fully saturated rings. The summed E-state index contributed by atoms with van der Waals surface area (Å²) < 4.78 is 7.84.